The third kappa shape index (κ3) is 5.53. The molecule has 1 aromatic rings. The van der Waals surface area contributed by atoms with Gasteiger partial charge in [-0.25, -0.2) is 0 Å². The van der Waals surface area contributed by atoms with E-state index in [0.717, 1.165) is 12.5 Å². The van der Waals surface area contributed by atoms with E-state index in [1.807, 2.05) is 0 Å². The van der Waals surface area contributed by atoms with Crippen molar-refractivity contribution < 1.29 is 0 Å². The van der Waals surface area contributed by atoms with Crippen molar-refractivity contribution in [3.8, 4) is 0 Å². The third-order valence-corrected chi connectivity index (χ3v) is 3.92. The second-order valence-electron chi connectivity index (χ2n) is 5.35. The first-order valence-corrected chi connectivity index (χ1v) is 7.92. The molecule has 0 saturated carbocycles. The number of nitrogens with one attached hydrogen (secondary N) is 1. The number of benzene rings is 1. The standard InChI is InChI=1S/C16H26BrN/c1-4-12-18-16(11-7-8-13(2)3)14-9-5-6-10-15(14)17/h5-6,9-10,13,16,18H,4,7-8,11-12H2,1-3H3. The average molecular weight is 312 g/mol. The predicted octanol–water partition coefficient (Wildman–Crippen LogP) is 5.32. The fourth-order valence-corrected chi connectivity index (χ4v) is 2.74. The van der Waals surface area contributed by atoms with E-state index in [9.17, 15) is 0 Å². The maximum Gasteiger partial charge on any atom is 0.0331 e. The molecule has 1 nitrogen and oxygen atoms in total. The third-order valence-electron chi connectivity index (χ3n) is 3.20. The van der Waals surface area contributed by atoms with Gasteiger partial charge in [-0.3, -0.25) is 0 Å². The molecule has 0 aliphatic heterocycles. The summed E-state index contributed by atoms with van der Waals surface area (Å²) in [6.45, 7) is 7.91. The molecule has 2 heteroatoms. The van der Waals surface area contributed by atoms with Crippen LogP contribution in [0.15, 0.2) is 28.7 Å². The maximum absolute atomic E-state index is 3.67. The van der Waals surface area contributed by atoms with Gasteiger partial charge in [0.25, 0.3) is 0 Å². The summed E-state index contributed by atoms with van der Waals surface area (Å²) in [6, 6.07) is 9.06. The molecule has 1 unspecified atom stereocenters. The smallest absolute Gasteiger partial charge is 0.0331 e. The Hall–Kier alpha value is -0.340. The van der Waals surface area contributed by atoms with Crippen LogP contribution in [0.4, 0.5) is 0 Å². The van der Waals surface area contributed by atoms with Gasteiger partial charge >= 0.3 is 0 Å². The SMILES string of the molecule is CCCNC(CCCC(C)C)c1ccccc1Br. The molecule has 1 atom stereocenters. The number of hydrogen-bond acceptors (Lipinski definition) is 1. The van der Waals surface area contributed by atoms with E-state index < -0.39 is 0 Å². The zero-order valence-electron chi connectivity index (χ0n) is 11.9. The Bertz CT molecular complexity index is 336. The average Bonchev–Trinajstić information content (AvgIpc) is 2.34. The molecule has 1 rings (SSSR count). The number of hydrogen-bond donors (Lipinski definition) is 1. The second-order valence-corrected chi connectivity index (χ2v) is 6.21. The van der Waals surface area contributed by atoms with Crippen LogP contribution in [0.5, 0.6) is 0 Å². The highest BCUT2D eigenvalue weighted by molar-refractivity contribution is 9.10. The molecule has 0 amide bonds. The minimum Gasteiger partial charge on any atom is -0.310 e. The summed E-state index contributed by atoms with van der Waals surface area (Å²) < 4.78 is 1.23. The monoisotopic (exact) mass is 311 g/mol. The summed E-state index contributed by atoms with van der Waals surface area (Å²) in [4.78, 5) is 0. The van der Waals surface area contributed by atoms with Crippen LogP contribution in [0.1, 0.15) is 58.1 Å². The fraction of sp³-hybridized carbons (Fsp3) is 0.625. The lowest BCUT2D eigenvalue weighted by molar-refractivity contribution is 0.447. The van der Waals surface area contributed by atoms with E-state index in [4.69, 9.17) is 0 Å². The van der Waals surface area contributed by atoms with Crippen LogP contribution >= 0.6 is 15.9 Å². The highest BCUT2D eigenvalue weighted by Crippen LogP contribution is 2.27. The molecule has 1 aromatic carbocycles. The van der Waals surface area contributed by atoms with Gasteiger partial charge in [-0.2, -0.15) is 0 Å². The Morgan fingerprint density at radius 3 is 2.50 bits per heavy atom. The summed E-state index contributed by atoms with van der Waals surface area (Å²) in [6.07, 6.45) is 5.01. The minimum atomic E-state index is 0.485. The van der Waals surface area contributed by atoms with E-state index in [0.29, 0.717) is 6.04 Å². The van der Waals surface area contributed by atoms with E-state index in [2.05, 4.69) is 66.3 Å². The van der Waals surface area contributed by atoms with Crippen LogP contribution in [0, 0.1) is 5.92 Å². The highest BCUT2D eigenvalue weighted by Gasteiger charge is 2.13. The molecule has 0 aliphatic carbocycles. The van der Waals surface area contributed by atoms with Crippen LogP contribution in [0.3, 0.4) is 0 Å². The van der Waals surface area contributed by atoms with Crippen LogP contribution in [0.25, 0.3) is 0 Å². The zero-order valence-corrected chi connectivity index (χ0v) is 13.5. The molecule has 18 heavy (non-hydrogen) atoms. The van der Waals surface area contributed by atoms with E-state index in [-0.39, 0.29) is 0 Å². The fourth-order valence-electron chi connectivity index (χ4n) is 2.17. The first-order chi connectivity index (χ1) is 8.65. The second kappa shape index (κ2) is 8.71. The van der Waals surface area contributed by atoms with E-state index in [1.54, 1.807) is 0 Å². The van der Waals surface area contributed by atoms with Crippen molar-refractivity contribution in [1.82, 2.24) is 5.32 Å². The molecule has 1 N–H and O–H groups in total. The van der Waals surface area contributed by atoms with Gasteiger partial charge in [0.1, 0.15) is 0 Å². The Labute approximate surface area is 120 Å². The molecular weight excluding hydrogens is 286 g/mol. The van der Waals surface area contributed by atoms with Crippen molar-refractivity contribution in [3.05, 3.63) is 34.3 Å². The number of rotatable bonds is 8. The Kier molecular flexibility index (Phi) is 7.60. The molecule has 0 heterocycles. The quantitative estimate of drug-likeness (QED) is 0.685. The zero-order chi connectivity index (χ0) is 13.4. The Morgan fingerprint density at radius 2 is 1.89 bits per heavy atom. The summed E-state index contributed by atoms with van der Waals surface area (Å²) >= 11 is 3.67. The topological polar surface area (TPSA) is 12.0 Å². The normalized spacial score (nSPS) is 12.9. The summed E-state index contributed by atoms with van der Waals surface area (Å²) in [5.74, 6) is 0.802. The van der Waals surface area contributed by atoms with Gasteiger partial charge in [0.05, 0.1) is 0 Å². The van der Waals surface area contributed by atoms with Crippen molar-refractivity contribution >= 4 is 15.9 Å². The molecule has 0 aromatic heterocycles. The molecule has 0 aliphatic rings. The minimum absolute atomic E-state index is 0.485. The van der Waals surface area contributed by atoms with Gasteiger partial charge in [-0.15, -0.1) is 0 Å². The van der Waals surface area contributed by atoms with Gasteiger partial charge in [-0.1, -0.05) is 67.7 Å². The molecule has 0 radical (unpaired) electrons. The maximum atomic E-state index is 3.67. The first kappa shape index (κ1) is 15.7. The van der Waals surface area contributed by atoms with Gasteiger partial charge in [0.2, 0.25) is 0 Å². The lowest BCUT2D eigenvalue weighted by atomic mass is 9.98. The first-order valence-electron chi connectivity index (χ1n) is 7.13. The van der Waals surface area contributed by atoms with Gasteiger partial charge in [-0.05, 0) is 36.9 Å². The van der Waals surface area contributed by atoms with Crippen molar-refractivity contribution in [3.63, 3.8) is 0 Å². The van der Waals surface area contributed by atoms with Crippen molar-refractivity contribution in [2.75, 3.05) is 6.54 Å². The van der Waals surface area contributed by atoms with E-state index >= 15 is 0 Å². The number of halogens is 1. The van der Waals surface area contributed by atoms with Gasteiger partial charge in [0, 0.05) is 10.5 Å². The van der Waals surface area contributed by atoms with Crippen molar-refractivity contribution in [2.45, 2.75) is 52.5 Å². The Morgan fingerprint density at radius 1 is 1.17 bits per heavy atom. The van der Waals surface area contributed by atoms with Crippen LogP contribution in [-0.2, 0) is 0 Å². The predicted molar refractivity (Wildman–Crippen MR) is 83.9 cm³/mol. The summed E-state index contributed by atoms with van der Waals surface area (Å²) in [5.41, 5.74) is 1.40. The largest absolute Gasteiger partial charge is 0.310 e. The lowest BCUT2D eigenvalue weighted by Gasteiger charge is -2.20. The Balaban J connectivity index is 2.62. The van der Waals surface area contributed by atoms with Crippen molar-refractivity contribution in [1.29, 1.82) is 0 Å². The lowest BCUT2D eigenvalue weighted by Crippen LogP contribution is -2.22. The molecule has 0 saturated heterocycles. The van der Waals surface area contributed by atoms with Crippen LogP contribution in [-0.4, -0.2) is 6.54 Å². The summed E-state index contributed by atoms with van der Waals surface area (Å²) in [5, 5.41) is 3.67. The summed E-state index contributed by atoms with van der Waals surface area (Å²) in [7, 11) is 0. The highest BCUT2D eigenvalue weighted by atomic mass is 79.9. The molecule has 0 fully saturated rings. The molecular formula is C16H26BrN. The van der Waals surface area contributed by atoms with Crippen LogP contribution in [0.2, 0.25) is 0 Å². The van der Waals surface area contributed by atoms with Crippen molar-refractivity contribution in [2.24, 2.45) is 5.92 Å². The van der Waals surface area contributed by atoms with Crippen LogP contribution < -0.4 is 5.32 Å². The molecule has 102 valence electrons. The molecule has 0 spiro atoms. The van der Waals surface area contributed by atoms with Gasteiger partial charge in [0.15, 0.2) is 0 Å². The van der Waals surface area contributed by atoms with E-state index in [1.165, 1.54) is 35.7 Å². The van der Waals surface area contributed by atoms with Gasteiger partial charge < -0.3 is 5.32 Å². The molecule has 0 bridgehead atoms.